The first-order valence-electron chi connectivity index (χ1n) is 25.9. The van der Waals surface area contributed by atoms with Gasteiger partial charge in [-0.3, -0.25) is 9.59 Å². The molecule has 0 aromatic carbocycles. The summed E-state index contributed by atoms with van der Waals surface area (Å²) in [5.41, 5.74) is 0. The zero-order valence-electron chi connectivity index (χ0n) is 39.1. The quantitative estimate of drug-likeness (QED) is 0.0376. The van der Waals surface area contributed by atoms with Crippen LogP contribution < -0.4 is 0 Å². The van der Waals surface area contributed by atoms with Crippen LogP contribution in [0.25, 0.3) is 0 Å². The molecule has 0 spiro atoms. The number of hydrogen-bond acceptors (Lipinski definition) is 5. The first kappa shape index (κ1) is 56.4. The predicted octanol–water partition coefficient (Wildman–Crippen LogP) is 17.0. The van der Waals surface area contributed by atoms with Gasteiger partial charge < -0.3 is 14.6 Å². The molecule has 5 nitrogen and oxygen atoms in total. The van der Waals surface area contributed by atoms with Crippen LogP contribution in [-0.2, 0) is 19.1 Å². The fraction of sp³-hybridized carbons (Fsp3) is 0.887. The molecule has 0 fully saturated rings. The highest BCUT2D eigenvalue weighted by molar-refractivity contribution is 5.70. The van der Waals surface area contributed by atoms with Gasteiger partial charge in [0.25, 0.3) is 0 Å². The summed E-state index contributed by atoms with van der Waals surface area (Å²) in [5.74, 6) is -0.580. The lowest BCUT2D eigenvalue weighted by atomic mass is 10.0. The van der Waals surface area contributed by atoms with Crippen LogP contribution in [0.2, 0.25) is 0 Å². The number of ether oxygens (including phenoxy) is 2. The Hall–Kier alpha value is -1.62. The third kappa shape index (κ3) is 47.1. The van der Waals surface area contributed by atoms with Gasteiger partial charge in [0.15, 0.2) is 6.10 Å². The molecule has 1 unspecified atom stereocenters. The maximum absolute atomic E-state index is 12.3. The molecule has 1 N–H and O–H groups in total. The molecule has 0 rings (SSSR count). The molecule has 0 bridgehead atoms. The normalized spacial score (nSPS) is 12.3. The third-order valence-electron chi connectivity index (χ3n) is 11.7. The molecule has 0 aliphatic heterocycles. The largest absolute Gasteiger partial charge is 0.462 e. The molecule has 0 amide bonds. The van der Waals surface area contributed by atoms with Crippen molar-refractivity contribution < 1.29 is 24.2 Å². The van der Waals surface area contributed by atoms with Crippen molar-refractivity contribution >= 4 is 11.9 Å². The van der Waals surface area contributed by atoms with Crippen molar-refractivity contribution in [1.82, 2.24) is 0 Å². The average molecular weight is 817 g/mol. The predicted molar refractivity (Wildman–Crippen MR) is 251 cm³/mol. The second-order valence-corrected chi connectivity index (χ2v) is 17.6. The standard InChI is InChI=1S/C53H100O5/c1-3-5-7-9-11-13-15-17-19-21-23-25-26-28-30-32-34-36-38-40-42-44-46-48-53(56)58-51(49-54)50-57-52(55)47-45-43-41-39-37-35-33-31-29-27-24-22-20-18-16-14-12-10-8-6-4-2/h21-24,51,54H,3-20,25-50H2,1-2H3/b23-21-,24-22-. The van der Waals surface area contributed by atoms with Crippen molar-refractivity contribution in [1.29, 1.82) is 0 Å². The minimum atomic E-state index is -0.770. The monoisotopic (exact) mass is 817 g/mol. The molecular weight excluding hydrogens is 717 g/mol. The Morgan fingerprint density at radius 3 is 0.931 bits per heavy atom. The Morgan fingerprint density at radius 1 is 0.379 bits per heavy atom. The second kappa shape index (κ2) is 49.7. The van der Waals surface area contributed by atoms with E-state index in [-0.39, 0.29) is 25.2 Å². The number of esters is 2. The number of unbranched alkanes of at least 4 members (excludes halogenated alkanes) is 36. The number of carbonyl (C=O) groups excluding carboxylic acids is 2. The highest BCUT2D eigenvalue weighted by atomic mass is 16.6. The summed E-state index contributed by atoms with van der Waals surface area (Å²) < 4.78 is 10.7. The van der Waals surface area contributed by atoms with Crippen LogP contribution in [0.5, 0.6) is 0 Å². The molecule has 0 aliphatic carbocycles. The van der Waals surface area contributed by atoms with Gasteiger partial charge in [-0.05, 0) is 64.2 Å². The van der Waals surface area contributed by atoms with Crippen LogP contribution in [0, 0.1) is 0 Å². The summed E-state index contributed by atoms with van der Waals surface area (Å²) >= 11 is 0. The number of hydrogen-bond donors (Lipinski definition) is 1. The van der Waals surface area contributed by atoms with Gasteiger partial charge in [0.05, 0.1) is 6.61 Å². The summed E-state index contributed by atoms with van der Waals surface area (Å²) in [4.78, 5) is 24.4. The van der Waals surface area contributed by atoms with Crippen LogP contribution in [-0.4, -0.2) is 36.4 Å². The lowest BCUT2D eigenvalue weighted by Gasteiger charge is -2.15. The minimum absolute atomic E-state index is 0.0629. The summed E-state index contributed by atoms with van der Waals surface area (Å²) in [7, 11) is 0. The molecule has 342 valence electrons. The first-order chi connectivity index (χ1) is 28.6. The van der Waals surface area contributed by atoms with E-state index in [1.165, 1.54) is 218 Å². The van der Waals surface area contributed by atoms with Gasteiger partial charge in [-0.1, -0.05) is 231 Å². The molecule has 5 heteroatoms. The molecule has 1 atom stereocenters. The number of aliphatic hydroxyl groups excluding tert-OH is 1. The number of carbonyl (C=O) groups is 2. The lowest BCUT2D eigenvalue weighted by molar-refractivity contribution is -0.161. The summed E-state index contributed by atoms with van der Waals surface area (Å²) in [6, 6.07) is 0. The number of allylic oxidation sites excluding steroid dienone is 4. The third-order valence-corrected chi connectivity index (χ3v) is 11.7. The van der Waals surface area contributed by atoms with Crippen LogP contribution in [0.4, 0.5) is 0 Å². The Balaban J connectivity index is 3.47. The molecule has 0 aliphatic rings. The zero-order valence-corrected chi connectivity index (χ0v) is 39.1. The molecule has 0 saturated heterocycles. The van der Waals surface area contributed by atoms with Crippen molar-refractivity contribution in [3.63, 3.8) is 0 Å². The van der Waals surface area contributed by atoms with Gasteiger partial charge in [0.1, 0.15) is 6.61 Å². The second-order valence-electron chi connectivity index (χ2n) is 17.6. The summed E-state index contributed by atoms with van der Waals surface area (Å²) in [5, 5.41) is 9.63. The molecule has 0 heterocycles. The van der Waals surface area contributed by atoms with E-state index in [1.807, 2.05) is 0 Å². The van der Waals surface area contributed by atoms with Gasteiger partial charge in [0, 0.05) is 12.8 Å². The molecule has 0 radical (unpaired) electrons. The van der Waals surface area contributed by atoms with Crippen LogP contribution in [0.1, 0.15) is 284 Å². The highest BCUT2D eigenvalue weighted by Crippen LogP contribution is 2.16. The van der Waals surface area contributed by atoms with E-state index in [4.69, 9.17) is 9.47 Å². The zero-order chi connectivity index (χ0) is 42.1. The number of rotatable bonds is 48. The van der Waals surface area contributed by atoms with Crippen molar-refractivity contribution in [2.45, 2.75) is 290 Å². The Morgan fingerprint density at radius 2 is 0.638 bits per heavy atom. The van der Waals surface area contributed by atoms with Crippen molar-refractivity contribution in [2.75, 3.05) is 13.2 Å². The lowest BCUT2D eigenvalue weighted by Crippen LogP contribution is -2.28. The van der Waals surface area contributed by atoms with E-state index in [1.54, 1.807) is 0 Å². The van der Waals surface area contributed by atoms with E-state index >= 15 is 0 Å². The van der Waals surface area contributed by atoms with Crippen molar-refractivity contribution in [2.24, 2.45) is 0 Å². The highest BCUT2D eigenvalue weighted by Gasteiger charge is 2.16. The SMILES string of the molecule is CCCCCCCCCC/C=C\CCCCCCCCCCCCCC(=O)OC(CO)COC(=O)CCCCCCCCCCC/C=C\CCCCCCCCCC. The first-order valence-corrected chi connectivity index (χ1v) is 25.9. The molecular formula is C53H100O5. The fourth-order valence-electron chi connectivity index (χ4n) is 7.78. The summed E-state index contributed by atoms with van der Waals surface area (Å²) in [6.07, 6.45) is 61.3. The van der Waals surface area contributed by atoms with E-state index in [0.29, 0.717) is 12.8 Å². The van der Waals surface area contributed by atoms with E-state index < -0.39 is 6.10 Å². The van der Waals surface area contributed by atoms with Gasteiger partial charge in [-0.2, -0.15) is 0 Å². The van der Waals surface area contributed by atoms with Crippen LogP contribution in [0.15, 0.2) is 24.3 Å². The van der Waals surface area contributed by atoms with E-state index in [0.717, 1.165) is 38.5 Å². The Bertz CT molecular complexity index is 882. The van der Waals surface area contributed by atoms with E-state index in [2.05, 4.69) is 38.2 Å². The van der Waals surface area contributed by atoms with Crippen LogP contribution in [0.3, 0.4) is 0 Å². The minimum Gasteiger partial charge on any atom is -0.462 e. The van der Waals surface area contributed by atoms with Gasteiger partial charge in [0.2, 0.25) is 0 Å². The maximum atomic E-state index is 12.3. The van der Waals surface area contributed by atoms with Gasteiger partial charge >= 0.3 is 11.9 Å². The van der Waals surface area contributed by atoms with Crippen molar-refractivity contribution in [3.8, 4) is 0 Å². The topological polar surface area (TPSA) is 72.8 Å². The smallest absolute Gasteiger partial charge is 0.306 e. The van der Waals surface area contributed by atoms with Gasteiger partial charge in [-0.25, -0.2) is 0 Å². The molecule has 0 aromatic heterocycles. The fourth-order valence-corrected chi connectivity index (χ4v) is 7.78. The number of aliphatic hydroxyl groups is 1. The van der Waals surface area contributed by atoms with E-state index in [9.17, 15) is 14.7 Å². The average Bonchev–Trinajstić information content (AvgIpc) is 3.23. The molecule has 0 saturated carbocycles. The van der Waals surface area contributed by atoms with Crippen molar-refractivity contribution in [3.05, 3.63) is 24.3 Å². The van der Waals surface area contributed by atoms with Crippen LogP contribution >= 0.6 is 0 Å². The Kier molecular flexibility index (Phi) is 48.4. The maximum Gasteiger partial charge on any atom is 0.306 e. The van der Waals surface area contributed by atoms with Gasteiger partial charge in [-0.15, -0.1) is 0 Å². The molecule has 58 heavy (non-hydrogen) atoms. The Labute approximate surface area is 362 Å². The summed E-state index contributed by atoms with van der Waals surface area (Å²) in [6.45, 7) is 4.17. The molecule has 0 aromatic rings.